The maximum atomic E-state index is 14.6. The Morgan fingerprint density at radius 2 is 1.58 bits per heavy atom. The normalized spacial score (nSPS) is 30.2. The zero-order valence-electron chi connectivity index (χ0n) is 24.1. The summed E-state index contributed by atoms with van der Waals surface area (Å²) in [6.45, 7) is 26.7. The Bertz CT molecular complexity index is 1340. The molecule has 0 unspecified atom stereocenters. The van der Waals surface area contributed by atoms with Crippen LogP contribution in [0.25, 0.3) is 5.57 Å². The fourth-order valence-electron chi connectivity index (χ4n) is 8.14. The molecule has 0 bridgehead atoms. The van der Waals surface area contributed by atoms with E-state index in [4.69, 9.17) is 0 Å². The molecule has 3 heteroatoms. The third kappa shape index (κ3) is 3.27. The largest absolute Gasteiger partial charge is 0.294 e. The summed E-state index contributed by atoms with van der Waals surface area (Å²) in [4.78, 5) is 41.1. The number of rotatable bonds is 2. The van der Waals surface area contributed by atoms with Gasteiger partial charge in [-0.1, -0.05) is 64.0 Å². The Kier molecular flexibility index (Phi) is 5.69. The molecular formula is C33H42O3. The first-order valence-electron chi connectivity index (χ1n) is 13.2. The molecule has 0 spiro atoms. The van der Waals surface area contributed by atoms with Gasteiger partial charge in [-0.3, -0.25) is 14.4 Å². The average Bonchev–Trinajstić information content (AvgIpc) is 2.68. The van der Waals surface area contributed by atoms with Crippen LogP contribution in [0.15, 0.2) is 34.9 Å². The monoisotopic (exact) mass is 486 g/mol. The maximum Gasteiger partial charge on any atom is 0.190 e. The van der Waals surface area contributed by atoms with E-state index in [0.29, 0.717) is 12.0 Å². The van der Waals surface area contributed by atoms with Gasteiger partial charge in [-0.25, -0.2) is 0 Å². The number of ketones is 3. The van der Waals surface area contributed by atoms with Crippen molar-refractivity contribution in [3.8, 4) is 0 Å². The summed E-state index contributed by atoms with van der Waals surface area (Å²) >= 11 is 0. The van der Waals surface area contributed by atoms with Crippen molar-refractivity contribution in [2.45, 2.75) is 101 Å². The van der Waals surface area contributed by atoms with E-state index < -0.39 is 10.8 Å². The van der Waals surface area contributed by atoms with Gasteiger partial charge in [0.25, 0.3) is 0 Å². The zero-order valence-corrected chi connectivity index (χ0v) is 24.1. The van der Waals surface area contributed by atoms with Crippen molar-refractivity contribution in [3.05, 3.63) is 62.8 Å². The fourth-order valence-corrected chi connectivity index (χ4v) is 8.14. The van der Waals surface area contributed by atoms with Gasteiger partial charge < -0.3 is 0 Å². The Morgan fingerprint density at radius 1 is 1.00 bits per heavy atom. The highest BCUT2D eigenvalue weighted by molar-refractivity contribution is 6.24. The highest BCUT2D eigenvalue weighted by Gasteiger charge is 2.63. The van der Waals surface area contributed by atoms with Crippen LogP contribution in [0.3, 0.4) is 0 Å². The highest BCUT2D eigenvalue weighted by atomic mass is 16.2. The van der Waals surface area contributed by atoms with Gasteiger partial charge in [0, 0.05) is 16.6 Å². The molecule has 3 nitrogen and oxygen atoms in total. The molecule has 4 rings (SSSR count). The number of carbonyl (C=O) groups is 3. The molecule has 192 valence electrons. The Hall–Kier alpha value is -2.55. The molecule has 3 aliphatic carbocycles. The van der Waals surface area contributed by atoms with Crippen molar-refractivity contribution in [3.63, 3.8) is 0 Å². The molecule has 0 radical (unpaired) electrons. The third-order valence-electron chi connectivity index (χ3n) is 9.81. The van der Waals surface area contributed by atoms with E-state index in [-0.39, 0.29) is 28.2 Å². The van der Waals surface area contributed by atoms with Crippen molar-refractivity contribution >= 4 is 22.9 Å². The van der Waals surface area contributed by atoms with Crippen LogP contribution >= 0.6 is 0 Å². The topological polar surface area (TPSA) is 51.2 Å². The molecule has 0 aliphatic heterocycles. The second-order valence-corrected chi connectivity index (χ2v) is 13.6. The number of hydrogen-bond donors (Lipinski definition) is 0. The Balaban J connectivity index is 2.07. The minimum absolute atomic E-state index is 0.0501. The maximum absolute atomic E-state index is 14.6. The first-order chi connectivity index (χ1) is 16.3. The number of carbonyl (C=O) groups excluding carboxylic acids is 3. The predicted molar refractivity (Wildman–Crippen MR) is 147 cm³/mol. The molecular weight excluding hydrogens is 444 g/mol. The molecule has 3 aliphatic rings. The molecule has 0 fully saturated rings. The number of benzene rings is 1. The molecule has 1 aromatic carbocycles. The van der Waals surface area contributed by atoms with Crippen molar-refractivity contribution in [2.24, 2.45) is 16.2 Å². The minimum Gasteiger partial charge on any atom is -0.294 e. The summed E-state index contributed by atoms with van der Waals surface area (Å²) in [5.41, 5.74) is 7.21. The number of allylic oxidation sites excluding steroid dienone is 5. The molecule has 1 aromatic rings. The number of hydrogen-bond acceptors (Lipinski definition) is 3. The molecule has 36 heavy (non-hydrogen) atoms. The lowest BCUT2D eigenvalue weighted by Crippen LogP contribution is -2.57. The molecule has 0 aromatic heterocycles. The lowest BCUT2D eigenvalue weighted by atomic mass is 9.42. The zero-order chi connectivity index (χ0) is 27.3. The second-order valence-electron chi connectivity index (χ2n) is 13.6. The fraction of sp³-hybridized carbons (Fsp3) is 0.545. The molecule has 0 amide bonds. The number of Topliss-reactive ketones (excluding diaryl/α,β-unsaturated/α-hetero) is 3. The van der Waals surface area contributed by atoms with Gasteiger partial charge in [0.15, 0.2) is 17.3 Å². The van der Waals surface area contributed by atoms with Crippen LogP contribution in [0.4, 0.5) is 0 Å². The van der Waals surface area contributed by atoms with Crippen LogP contribution in [0, 0.1) is 23.2 Å². The van der Waals surface area contributed by atoms with Gasteiger partial charge in [-0.2, -0.15) is 0 Å². The second kappa shape index (κ2) is 7.73. The summed E-state index contributed by atoms with van der Waals surface area (Å²) in [5, 5.41) is 0. The quantitative estimate of drug-likeness (QED) is 0.403. The summed E-state index contributed by atoms with van der Waals surface area (Å²) in [7, 11) is 0. The van der Waals surface area contributed by atoms with Gasteiger partial charge in [0.1, 0.15) is 0 Å². The average molecular weight is 487 g/mol. The lowest BCUT2D eigenvalue weighted by Gasteiger charge is -2.59. The van der Waals surface area contributed by atoms with E-state index in [0.717, 1.165) is 63.0 Å². The van der Waals surface area contributed by atoms with Gasteiger partial charge in [0.05, 0.1) is 11.0 Å². The van der Waals surface area contributed by atoms with Crippen LogP contribution in [-0.2, 0) is 21.4 Å². The van der Waals surface area contributed by atoms with E-state index in [1.54, 1.807) is 0 Å². The lowest BCUT2D eigenvalue weighted by molar-refractivity contribution is -0.134. The molecule has 0 N–H and O–H groups in total. The SMILES string of the molecule is C=C(C)c1cc(C(C)(C)C)c(C)c2c1C[C@@]1(C)C[C@@]3(C)CC(C)=C(C(C)=O)C(=O)[C@@]3(C)C(C)=C1C2=O. The standard InChI is InChI=1S/C33H42O3/c1-17(2)22-13-24(30(7,8)9)19(4)26-23(22)15-31(10)16-32(11)14-18(3)25(21(6)34)29(36)33(32,12)20(5)27(31)28(26)35/h13H,1,14-16H2,2-12H3/t31-,32+,33+/m0/s1. The number of fused-ring (bicyclic) bond motifs is 3. The van der Waals surface area contributed by atoms with Crippen LogP contribution in [0.5, 0.6) is 0 Å². The van der Waals surface area contributed by atoms with Crippen molar-refractivity contribution in [1.29, 1.82) is 0 Å². The van der Waals surface area contributed by atoms with Crippen molar-refractivity contribution in [2.75, 3.05) is 0 Å². The first-order valence-corrected chi connectivity index (χ1v) is 13.2. The van der Waals surface area contributed by atoms with E-state index in [2.05, 4.69) is 54.2 Å². The Morgan fingerprint density at radius 3 is 2.08 bits per heavy atom. The first kappa shape index (κ1) is 26.5. The van der Waals surface area contributed by atoms with Crippen molar-refractivity contribution < 1.29 is 14.4 Å². The molecule has 0 saturated carbocycles. The summed E-state index contributed by atoms with van der Waals surface area (Å²) in [6.07, 6.45) is 2.15. The summed E-state index contributed by atoms with van der Waals surface area (Å²) in [5.74, 6) is -0.243. The van der Waals surface area contributed by atoms with Gasteiger partial charge in [0.2, 0.25) is 0 Å². The Labute approximate surface area is 217 Å². The molecule has 3 atom stereocenters. The minimum atomic E-state index is -0.887. The van der Waals surface area contributed by atoms with Crippen LogP contribution in [0.2, 0.25) is 0 Å². The van der Waals surface area contributed by atoms with Crippen LogP contribution in [0.1, 0.15) is 115 Å². The van der Waals surface area contributed by atoms with E-state index in [1.165, 1.54) is 6.92 Å². The summed E-state index contributed by atoms with van der Waals surface area (Å²) < 4.78 is 0. The smallest absolute Gasteiger partial charge is 0.190 e. The predicted octanol–water partition coefficient (Wildman–Crippen LogP) is 7.68. The van der Waals surface area contributed by atoms with E-state index in [1.807, 2.05) is 27.7 Å². The summed E-state index contributed by atoms with van der Waals surface area (Å²) in [6, 6.07) is 2.25. The molecule has 0 saturated heterocycles. The van der Waals surface area contributed by atoms with E-state index >= 15 is 0 Å². The van der Waals surface area contributed by atoms with Gasteiger partial charge in [-0.05, 0) is 93.9 Å². The van der Waals surface area contributed by atoms with Crippen molar-refractivity contribution in [1.82, 2.24) is 0 Å². The van der Waals surface area contributed by atoms with Gasteiger partial charge in [-0.15, -0.1) is 0 Å². The molecule has 0 heterocycles. The highest BCUT2D eigenvalue weighted by Crippen LogP contribution is 2.66. The van der Waals surface area contributed by atoms with Crippen LogP contribution in [-0.4, -0.2) is 17.3 Å². The van der Waals surface area contributed by atoms with Crippen LogP contribution < -0.4 is 0 Å². The third-order valence-corrected chi connectivity index (χ3v) is 9.81. The van der Waals surface area contributed by atoms with E-state index in [9.17, 15) is 14.4 Å². The van der Waals surface area contributed by atoms with Gasteiger partial charge >= 0.3 is 0 Å².